The van der Waals surface area contributed by atoms with Crippen LogP contribution >= 0.6 is 0 Å². The lowest BCUT2D eigenvalue weighted by Gasteiger charge is -2.21. The summed E-state index contributed by atoms with van der Waals surface area (Å²) < 4.78 is 52.8. The van der Waals surface area contributed by atoms with Gasteiger partial charge in [-0.1, -0.05) is 0 Å². The van der Waals surface area contributed by atoms with Crippen LogP contribution in [0.3, 0.4) is 0 Å². The zero-order chi connectivity index (χ0) is 12.5. The average molecular weight is 279 g/mol. The fraction of sp³-hybridized carbons (Fsp3) is 0.667. The summed E-state index contributed by atoms with van der Waals surface area (Å²) in [5, 5.41) is 0.965. The van der Waals surface area contributed by atoms with Gasteiger partial charge in [0, 0.05) is 0 Å². The van der Waals surface area contributed by atoms with E-state index >= 15 is 0 Å². The maximum Gasteiger partial charge on any atom is 0.279 e. The first-order chi connectivity index (χ1) is 7.86. The normalized spacial score (nSPS) is 26.7. The van der Waals surface area contributed by atoms with Crippen molar-refractivity contribution >= 4 is 26.1 Å². The van der Waals surface area contributed by atoms with Gasteiger partial charge in [0.05, 0.1) is 29.7 Å². The molecular weight excluding hydrogens is 266 g/mol. The predicted octanol–water partition coefficient (Wildman–Crippen LogP) is 0.0834. The lowest BCUT2D eigenvalue weighted by molar-refractivity contribution is 0.175. The molecule has 2 aliphatic heterocycles. The number of hydrogen-bond donors (Lipinski definition) is 0. The third-order valence-electron chi connectivity index (χ3n) is 2.75. The van der Waals surface area contributed by atoms with E-state index in [4.69, 9.17) is 4.74 Å². The molecule has 0 aromatic rings. The standard InChI is InChI=1S/C9H13NO5S2/c11-16(12)3-1-8(2-4-16)6-15-9-5-10-17(13,14)7-9/h5,7-8H,1-4,6H2. The predicted molar refractivity (Wildman–Crippen MR) is 62.8 cm³/mol. The molecule has 0 atom stereocenters. The Kier molecular flexibility index (Phi) is 3.26. The van der Waals surface area contributed by atoms with E-state index in [1.807, 2.05) is 0 Å². The van der Waals surface area contributed by atoms with Crippen molar-refractivity contribution < 1.29 is 21.6 Å². The molecule has 2 heterocycles. The summed E-state index contributed by atoms with van der Waals surface area (Å²) in [7, 11) is -6.34. The number of nitrogens with zero attached hydrogens (tertiary/aromatic N) is 1. The zero-order valence-electron chi connectivity index (χ0n) is 9.07. The molecule has 1 saturated heterocycles. The van der Waals surface area contributed by atoms with E-state index in [1.54, 1.807) is 0 Å². The molecule has 0 unspecified atom stereocenters. The molecule has 2 rings (SSSR count). The van der Waals surface area contributed by atoms with Crippen LogP contribution < -0.4 is 0 Å². The summed E-state index contributed by atoms with van der Waals surface area (Å²) in [6.45, 7) is 0.336. The van der Waals surface area contributed by atoms with Gasteiger partial charge in [-0.2, -0.15) is 12.8 Å². The molecule has 0 aromatic carbocycles. The second kappa shape index (κ2) is 4.41. The van der Waals surface area contributed by atoms with Crippen LogP contribution in [0.4, 0.5) is 0 Å². The third-order valence-corrected chi connectivity index (χ3v) is 5.40. The summed E-state index contributed by atoms with van der Waals surface area (Å²) in [5.41, 5.74) is 0. The summed E-state index contributed by atoms with van der Waals surface area (Å²) in [6.07, 6.45) is 2.30. The van der Waals surface area contributed by atoms with Crippen molar-refractivity contribution in [3.8, 4) is 0 Å². The Bertz CT molecular complexity index is 544. The molecule has 0 N–H and O–H groups in total. The highest BCUT2D eigenvalue weighted by Crippen LogP contribution is 2.20. The first-order valence-electron chi connectivity index (χ1n) is 5.22. The second-order valence-electron chi connectivity index (χ2n) is 4.18. The monoisotopic (exact) mass is 279 g/mol. The van der Waals surface area contributed by atoms with Crippen molar-refractivity contribution in [2.45, 2.75) is 12.8 Å². The first-order valence-corrected chi connectivity index (χ1v) is 8.54. The van der Waals surface area contributed by atoms with E-state index in [0.29, 0.717) is 19.4 Å². The summed E-state index contributed by atoms with van der Waals surface area (Å²) >= 11 is 0. The van der Waals surface area contributed by atoms with E-state index in [9.17, 15) is 16.8 Å². The highest BCUT2D eigenvalue weighted by Gasteiger charge is 2.24. The van der Waals surface area contributed by atoms with E-state index in [0.717, 1.165) is 11.6 Å². The van der Waals surface area contributed by atoms with Crippen molar-refractivity contribution in [2.75, 3.05) is 18.1 Å². The Hall–Kier alpha value is -0.890. The lowest BCUT2D eigenvalue weighted by atomic mass is 10.0. The Morgan fingerprint density at radius 2 is 1.88 bits per heavy atom. The van der Waals surface area contributed by atoms with Gasteiger partial charge < -0.3 is 4.74 Å². The fourth-order valence-electron chi connectivity index (χ4n) is 1.72. The molecule has 96 valence electrons. The van der Waals surface area contributed by atoms with Crippen LogP contribution in [0, 0.1) is 5.92 Å². The maximum absolute atomic E-state index is 11.2. The van der Waals surface area contributed by atoms with Gasteiger partial charge in [0.2, 0.25) is 0 Å². The molecule has 6 nitrogen and oxygen atoms in total. The van der Waals surface area contributed by atoms with Gasteiger partial charge in [-0.3, -0.25) is 0 Å². The van der Waals surface area contributed by atoms with Crippen molar-refractivity contribution in [3.05, 3.63) is 11.2 Å². The molecular formula is C9H13NO5S2. The van der Waals surface area contributed by atoms with Gasteiger partial charge in [0.1, 0.15) is 9.84 Å². The molecule has 1 fully saturated rings. The van der Waals surface area contributed by atoms with Gasteiger partial charge in [-0.05, 0) is 18.8 Å². The van der Waals surface area contributed by atoms with E-state index in [1.165, 1.54) is 0 Å². The molecule has 0 radical (unpaired) electrons. The Morgan fingerprint density at radius 1 is 1.24 bits per heavy atom. The van der Waals surface area contributed by atoms with Crippen LogP contribution in [0.5, 0.6) is 0 Å². The fourth-order valence-corrected chi connectivity index (χ4v) is 4.05. The number of hydrogen-bond acceptors (Lipinski definition) is 5. The van der Waals surface area contributed by atoms with Gasteiger partial charge >= 0.3 is 0 Å². The first kappa shape index (κ1) is 12.6. The van der Waals surface area contributed by atoms with E-state index < -0.39 is 19.9 Å². The van der Waals surface area contributed by atoms with Crippen molar-refractivity contribution in [2.24, 2.45) is 10.3 Å². The minimum Gasteiger partial charge on any atom is -0.491 e. The molecule has 0 bridgehead atoms. The van der Waals surface area contributed by atoms with Crippen molar-refractivity contribution in [1.29, 1.82) is 0 Å². The molecule has 0 amide bonds. The van der Waals surface area contributed by atoms with Crippen LogP contribution in [-0.4, -0.2) is 41.2 Å². The van der Waals surface area contributed by atoms with Crippen LogP contribution in [0.15, 0.2) is 15.6 Å². The smallest absolute Gasteiger partial charge is 0.279 e. The number of sulfone groups is 1. The highest BCUT2D eigenvalue weighted by molar-refractivity contribution is 7.93. The van der Waals surface area contributed by atoms with Gasteiger partial charge in [0.15, 0.2) is 5.76 Å². The molecule has 0 saturated carbocycles. The number of sulfonamides is 1. The zero-order valence-corrected chi connectivity index (χ0v) is 10.7. The lowest BCUT2D eigenvalue weighted by Crippen LogP contribution is -2.26. The van der Waals surface area contributed by atoms with E-state index in [2.05, 4.69) is 4.40 Å². The van der Waals surface area contributed by atoms with Gasteiger partial charge in [-0.25, -0.2) is 8.42 Å². The number of ether oxygens (including phenoxy) is 1. The molecule has 0 aromatic heterocycles. The molecule has 2 aliphatic rings. The van der Waals surface area contributed by atoms with Crippen LogP contribution in [-0.2, 0) is 24.6 Å². The molecule has 0 aliphatic carbocycles. The minimum atomic E-state index is -3.48. The van der Waals surface area contributed by atoms with Crippen LogP contribution in [0.25, 0.3) is 0 Å². The van der Waals surface area contributed by atoms with Crippen molar-refractivity contribution in [1.82, 2.24) is 0 Å². The topological polar surface area (TPSA) is 89.9 Å². The summed E-state index contributed by atoms with van der Waals surface area (Å²) in [4.78, 5) is 0. The summed E-state index contributed by atoms with van der Waals surface area (Å²) in [5.74, 6) is 0.758. The van der Waals surface area contributed by atoms with E-state index in [-0.39, 0.29) is 23.2 Å². The van der Waals surface area contributed by atoms with Crippen LogP contribution in [0.1, 0.15) is 12.8 Å². The van der Waals surface area contributed by atoms with Gasteiger partial charge in [-0.15, -0.1) is 0 Å². The Balaban J connectivity index is 1.83. The SMILES string of the molecule is O=S1(=O)CCC(COC2=CS(=O)(=O)N=C2)CC1. The van der Waals surface area contributed by atoms with Crippen molar-refractivity contribution in [3.63, 3.8) is 0 Å². The largest absolute Gasteiger partial charge is 0.491 e. The number of rotatable bonds is 3. The second-order valence-corrected chi connectivity index (χ2v) is 7.96. The average Bonchev–Trinajstić information content (AvgIpc) is 2.57. The molecule has 0 spiro atoms. The minimum absolute atomic E-state index is 0.163. The van der Waals surface area contributed by atoms with Crippen LogP contribution in [0.2, 0.25) is 0 Å². The Labute approximate surface area is 100 Å². The summed E-state index contributed by atoms with van der Waals surface area (Å²) in [6, 6.07) is 0. The highest BCUT2D eigenvalue weighted by atomic mass is 32.2. The third kappa shape index (κ3) is 3.53. The molecule has 17 heavy (non-hydrogen) atoms. The quantitative estimate of drug-likeness (QED) is 0.730. The number of allylic oxidation sites excluding steroid dienone is 1. The maximum atomic E-state index is 11.2. The molecule has 8 heteroatoms. The Morgan fingerprint density at radius 3 is 2.41 bits per heavy atom. The van der Waals surface area contributed by atoms with Gasteiger partial charge in [0.25, 0.3) is 10.0 Å².